The zero-order chi connectivity index (χ0) is 8.85. The highest BCUT2D eigenvalue weighted by molar-refractivity contribution is 14.1. The highest BCUT2D eigenvalue weighted by Crippen LogP contribution is 2.06. The van der Waals surface area contributed by atoms with Crippen molar-refractivity contribution in [1.82, 2.24) is 5.32 Å². The second kappa shape index (κ2) is 5.80. The Bertz CT molecular complexity index is 123. The Morgan fingerprint density at radius 3 is 2.36 bits per heavy atom. The molecule has 0 bridgehead atoms. The fraction of sp³-hybridized carbons (Fsp3) is 0.875. The summed E-state index contributed by atoms with van der Waals surface area (Å²) < 4.78 is 0.588. The number of carbonyl (C=O) groups excluding carboxylic acids is 1. The van der Waals surface area contributed by atoms with Crippen molar-refractivity contribution in [3.8, 4) is 0 Å². The summed E-state index contributed by atoms with van der Waals surface area (Å²) in [7, 11) is 0. The first-order valence-corrected chi connectivity index (χ1v) is 5.20. The average Bonchev–Trinajstić information content (AvgIpc) is 1.82. The van der Waals surface area contributed by atoms with E-state index in [1.807, 2.05) is 13.8 Å². The SMILES string of the molecule is CC(I)CCC(=O)NC(C)C. The average molecular weight is 269 g/mol. The van der Waals surface area contributed by atoms with Gasteiger partial charge in [0.15, 0.2) is 0 Å². The summed E-state index contributed by atoms with van der Waals surface area (Å²) >= 11 is 2.33. The Hall–Kier alpha value is 0.200. The van der Waals surface area contributed by atoms with E-state index in [1.165, 1.54) is 0 Å². The van der Waals surface area contributed by atoms with Gasteiger partial charge in [0, 0.05) is 16.4 Å². The molecule has 0 spiro atoms. The smallest absolute Gasteiger partial charge is 0.220 e. The zero-order valence-electron chi connectivity index (χ0n) is 7.36. The van der Waals surface area contributed by atoms with Crippen LogP contribution in [0.3, 0.4) is 0 Å². The molecule has 11 heavy (non-hydrogen) atoms. The van der Waals surface area contributed by atoms with Crippen molar-refractivity contribution in [1.29, 1.82) is 0 Å². The van der Waals surface area contributed by atoms with Crippen molar-refractivity contribution in [2.75, 3.05) is 0 Å². The van der Waals surface area contributed by atoms with Gasteiger partial charge in [-0.15, -0.1) is 0 Å². The molecule has 0 saturated carbocycles. The first-order chi connectivity index (χ1) is 5.02. The lowest BCUT2D eigenvalue weighted by molar-refractivity contribution is -0.121. The van der Waals surface area contributed by atoms with Crippen LogP contribution in [-0.2, 0) is 4.79 Å². The summed E-state index contributed by atoms with van der Waals surface area (Å²) in [6.07, 6.45) is 1.63. The lowest BCUT2D eigenvalue weighted by Gasteiger charge is -2.08. The van der Waals surface area contributed by atoms with Gasteiger partial charge in [-0.2, -0.15) is 0 Å². The number of alkyl halides is 1. The van der Waals surface area contributed by atoms with E-state index < -0.39 is 0 Å². The maximum atomic E-state index is 11.0. The summed E-state index contributed by atoms with van der Waals surface area (Å²) in [6, 6.07) is 0.270. The van der Waals surface area contributed by atoms with E-state index in [1.54, 1.807) is 0 Å². The fourth-order valence-corrected chi connectivity index (χ4v) is 1.04. The molecule has 0 heterocycles. The molecular formula is C8H16INO. The molecule has 2 nitrogen and oxygen atoms in total. The van der Waals surface area contributed by atoms with Crippen LogP contribution in [0.25, 0.3) is 0 Å². The molecule has 0 aliphatic rings. The van der Waals surface area contributed by atoms with Crippen LogP contribution < -0.4 is 5.32 Å². The van der Waals surface area contributed by atoms with Crippen LogP contribution in [0.4, 0.5) is 0 Å². The fourth-order valence-electron chi connectivity index (χ4n) is 0.724. The normalized spacial score (nSPS) is 13.2. The third kappa shape index (κ3) is 8.10. The molecule has 1 amide bonds. The van der Waals surface area contributed by atoms with Crippen molar-refractivity contribution in [2.45, 2.75) is 43.6 Å². The van der Waals surface area contributed by atoms with Crippen molar-refractivity contribution in [3.05, 3.63) is 0 Å². The van der Waals surface area contributed by atoms with Gasteiger partial charge in [0.25, 0.3) is 0 Å². The second-order valence-electron chi connectivity index (χ2n) is 3.04. The van der Waals surface area contributed by atoms with E-state index in [9.17, 15) is 4.79 Å². The molecule has 1 atom stereocenters. The lowest BCUT2D eigenvalue weighted by Crippen LogP contribution is -2.30. The zero-order valence-corrected chi connectivity index (χ0v) is 9.51. The summed E-state index contributed by atoms with van der Waals surface area (Å²) in [5, 5.41) is 2.86. The largest absolute Gasteiger partial charge is 0.354 e. The molecule has 0 aliphatic carbocycles. The molecule has 0 aromatic rings. The minimum Gasteiger partial charge on any atom is -0.354 e. The Kier molecular flexibility index (Phi) is 5.91. The number of hydrogen-bond donors (Lipinski definition) is 1. The predicted octanol–water partition coefficient (Wildman–Crippen LogP) is 2.11. The quantitative estimate of drug-likeness (QED) is 0.614. The number of carbonyl (C=O) groups is 1. The van der Waals surface area contributed by atoms with Crippen LogP contribution >= 0.6 is 22.6 Å². The second-order valence-corrected chi connectivity index (χ2v) is 5.17. The van der Waals surface area contributed by atoms with E-state index in [2.05, 4.69) is 34.8 Å². The molecular weight excluding hydrogens is 253 g/mol. The number of amides is 1. The minimum absolute atomic E-state index is 0.170. The topological polar surface area (TPSA) is 29.1 Å². The van der Waals surface area contributed by atoms with Gasteiger partial charge < -0.3 is 5.32 Å². The molecule has 0 aromatic carbocycles. The standard InChI is InChI=1S/C8H16INO/c1-6(2)10-8(11)5-4-7(3)9/h6-7H,4-5H2,1-3H3,(H,10,11). The van der Waals surface area contributed by atoms with Crippen LogP contribution in [0.15, 0.2) is 0 Å². The molecule has 0 fully saturated rings. The van der Waals surface area contributed by atoms with Gasteiger partial charge in [0.2, 0.25) is 5.91 Å². The van der Waals surface area contributed by atoms with Gasteiger partial charge in [0.1, 0.15) is 0 Å². The van der Waals surface area contributed by atoms with E-state index in [-0.39, 0.29) is 11.9 Å². The van der Waals surface area contributed by atoms with Crippen molar-refractivity contribution < 1.29 is 4.79 Å². The molecule has 0 radical (unpaired) electrons. The van der Waals surface area contributed by atoms with Crippen molar-refractivity contribution in [2.24, 2.45) is 0 Å². The number of halogens is 1. The Balaban J connectivity index is 3.38. The molecule has 66 valence electrons. The van der Waals surface area contributed by atoms with Crippen molar-refractivity contribution >= 4 is 28.5 Å². The summed E-state index contributed by atoms with van der Waals surface area (Å²) in [5.41, 5.74) is 0. The van der Waals surface area contributed by atoms with Crippen molar-refractivity contribution in [3.63, 3.8) is 0 Å². The van der Waals surface area contributed by atoms with E-state index in [0.717, 1.165) is 6.42 Å². The van der Waals surface area contributed by atoms with Crippen LogP contribution in [-0.4, -0.2) is 15.9 Å². The third-order valence-corrected chi connectivity index (χ3v) is 1.84. The third-order valence-electron chi connectivity index (χ3n) is 1.22. The van der Waals surface area contributed by atoms with Crippen LogP contribution in [0, 0.1) is 0 Å². The molecule has 0 saturated heterocycles. The molecule has 0 rings (SSSR count). The minimum atomic E-state index is 0.170. The monoisotopic (exact) mass is 269 g/mol. The number of nitrogens with one attached hydrogen (secondary N) is 1. The van der Waals surface area contributed by atoms with Gasteiger partial charge in [0.05, 0.1) is 0 Å². The number of hydrogen-bond acceptors (Lipinski definition) is 1. The Morgan fingerprint density at radius 1 is 1.45 bits per heavy atom. The van der Waals surface area contributed by atoms with Crippen LogP contribution in [0.1, 0.15) is 33.6 Å². The molecule has 1 N–H and O–H groups in total. The highest BCUT2D eigenvalue weighted by Gasteiger charge is 2.04. The summed E-state index contributed by atoms with van der Waals surface area (Å²) in [5.74, 6) is 0.170. The Labute approximate surface area is 82.3 Å². The van der Waals surface area contributed by atoms with Crippen LogP contribution in [0.2, 0.25) is 0 Å². The van der Waals surface area contributed by atoms with E-state index >= 15 is 0 Å². The number of rotatable bonds is 4. The maximum Gasteiger partial charge on any atom is 0.220 e. The first-order valence-electron chi connectivity index (χ1n) is 3.95. The van der Waals surface area contributed by atoms with Gasteiger partial charge in [-0.05, 0) is 20.3 Å². The van der Waals surface area contributed by atoms with E-state index in [0.29, 0.717) is 10.3 Å². The van der Waals surface area contributed by atoms with Gasteiger partial charge in [-0.25, -0.2) is 0 Å². The summed E-state index contributed by atoms with van der Waals surface area (Å²) in [6.45, 7) is 6.07. The highest BCUT2D eigenvalue weighted by atomic mass is 127. The summed E-state index contributed by atoms with van der Waals surface area (Å²) in [4.78, 5) is 11.0. The lowest BCUT2D eigenvalue weighted by atomic mass is 10.2. The first kappa shape index (κ1) is 11.2. The van der Waals surface area contributed by atoms with Crippen LogP contribution in [0.5, 0.6) is 0 Å². The molecule has 0 aromatic heterocycles. The Morgan fingerprint density at radius 2 is 2.00 bits per heavy atom. The van der Waals surface area contributed by atoms with Gasteiger partial charge in [-0.1, -0.05) is 29.5 Å². The molecule has 0 aliphatic heterocycles. The molecule has 1 unspecified atom stereocenters. The van der Waals surface area contributed by atoms with E-state index in [4.69, 9.17) is 0 Å². The van der Waals surface area contributed by atoms with Gasteiger partial charge in [-0.3, -0.25) is 4.79 Å². The maximum absolute atomic E-state index is 11.0. The van der Waals surface area contributed by atoms with Gasteiger partial charge >= 0.3 is 0 Å². The molecule has 3 heteroatoms. The predicted molar refractivity (Wildman–Crippen MR) is 56.0 cm³/mol.